The molecule has 43 nitrogen and oxygen atoms in total. The van der Waals surface area contributed by atoms with Crippen molar-refractivity contribution in [2.45, 2.75) is 196 Å². The third-order valence-electron chi connectivity index (χ3n) is 21.1. The highest BCUT2D eigenvalue weighted by atomic mass is 35.5. The second-order valence-electron chi connectivity index (χ2n) is 31.2. The zero-order chi connectivity index (χ0) is 95.9. The molecule has 0 bridgehead atoms. The number of esters is 11. The van der Waals surface area contributed by atoms with Gasteiger partial charge in [0, 0.05) is 48.1 Å². The average Bonchev–Trinajstić information content (AvgIpc) is 1.58. The summed E-state index contributed by atoms with van der Waals surface area (Å²) in [5, 5.41) is 32.8. The molecule has 4 saturated heterocycles. The van der Waals surface area contributed by atoms with Gasteiger partial charge in [-0.15, -0.1) is 43.6 Å². The minimum Gasteiger partial charge on any atom is -0.463 e. The second kappa shape index (κ2) is 46.5. The van der Waals surface area contributed by atoms with Crippen molar-refractivity contribution in [2.75, 3.05) is 25.7 Å². The van der Waals surface area contributed by atoms with Crippen LogP contribution in [0.15, 0.2) is 207 Å². The number of halogens is 2. The Morgan fingerprint density at radius 3 is 1.16 bits per heavy atom. The molecule has 45 heteroatoms. The fraction of sp³-hybridized carbons (Fsp3) is 0.396. The number of alkyl halides is 2. The molecule has 4 fully saturated rings. The maximum absolute atomic E-state index is 14.8. The molecule has 0 amide bonds. The van der Waals surface area contributed by atoms with E-state index in [4.69, 9.17) is 118 Å². The first kappa shape index (κ1) is 98.3. The van der Waals surface area contributed by atoms with E-state index in [1.165, 1.54) is 99.2 Å². The van der Waals surface area contributed by atoms with Crippen molar-refractivity contribution >= 4 is 88.9 Å². The van der Waals surface area contributed by atoms with Crippen LogP contribution in [0.3, 0.4) is 0 Å². The summed E-state index contributed by atoms with van der Waals surface area (Å²) in [5.41, 5.74) is 1.16. The number of hydrogen-bond donors (Lipinski definition) is 0. The quantitative estimate of drug-likeness (QED) is 0.0170. The number of aromatic nitrogens is 12. The maximum atomic E-state index is 14.8. The van der Waals surface area contributed by atoms with Crippen molar-refractivity contribution in [3.63, 3.8) is 0 Å². The molecular formula is C91H92Cl2N12O31. The van der Waals surface area contributed by atoms with Crippen LogP contribution in [0.5, 0.6) is 0 Å². The summed E-state index contributed by atoms with van der Waals surface area (Å²) < 4.78 is 130. The van der Waals surface area contributed by atoms with Gasteiger partial charge in [0.05, 0.1) is 116 Å². The minimum absolute atomic E-state index is 0.00365. The lowest BCUT2D eigenvalue weighted by Gasteiger charge is -2.45. The van der Waals surface area contributed by atoms with Gasteiger partial charge in [-0.1, -0.05) is 130 Å². The lowest BCUT2D eigenvalue weighted by Crippen LogP contribution is -2.63. The first-order valence-electron chi connectivity index (χ1n) is 42.5. The van der Waals surface area contributed by atoms with E-state index in [1.54, 1.807) is 133 Å². The van der Waals surface area contributed by atoms with E-state index in [9.17, 15) is 52.7 Å². The SMILES string of the molecule is CC(=O)OC[C@H]1O[C@@H](O[C@]2(CCl)O[C@H](Cn3cc(CO[C@@H]4O[C@H](Cc5cn(CO[C@H]6O[C@@H](Cn7cc(COCCOCc8cn(C)nn8)nn7)[C@@H](OC(=O)c7ccccc7)[C@@H](OC(=O)c7ccccc7)[C@H]6OC(=O)c6ccccc6)nn5)[C@H](OC(=O)c5ccccc5)[C@H](OC(=O)c5ccccc5)[C@@H]4OC(=O)c4ccccc4)nn3)[C@@H](OC(C)=O)[C@@H]2OC(C)=O)[C@H](OC(C)=O)[C@@H](OC(C)=O)[C@H]1Cl. The molecule has 4 aliphatic rings. The molecule has 14 rings (SSSR count). The smallest absolute Gasteiger partial charge is 0.338 e. The summed E-state index contributed by atoms with van der Waals surface area (Å²) in [4.78, 5) is 152. The Labute approximate surface area is 784 Å². The summed E-state index contributed by atoms with van der Waals surface area (Å²) in [7, 11) is 1.73. The number of carbonyl (C=O) groups is 11. The summed E-state index contributed by atoms with van der Waals surface area (Å²) in [6, 6.07) is 46.6. The van der Waals surface area contributed by atoms with Crippen molar-refractivity contribution in [1.29, 1.82) is 0 Å². The largest absolute Gasteiger partial charge is 0.463 e. The average molecular weight is 1920 g/mol. The van der Waals surface area contributed by atoms with E-state index in [0.717, 1.165) is 34.6 Å². The van der Waals surface area contributed by atoms with Gasteiger partial charge in [0.25, 0.3) is 0 Å². The molecule has 0 unspecified atom stereocenters. The molecule has 0 saturated carbocycles. The van der Waals surface area contributed by atoms with Crippen molar-refractivity contribution in [2.24, 2.45) is 7.05 Å². The van der Waals surface area contributed by atoms with Gasteiger partial charge in [-0.2, -0.15) is 0 Å². The Morgan fingerprint density at radius 1 is 0.360 bits per heavy atom. The molecule has 0 N–H and O–H groups in total. The van der Waals surface area contributed by atoms with E-state index in [2.05, 4.69) is 41.2 Å². The molecule has 19 atom stereocenters. The third-order valence-corrected chi connectivity index (χ3v) is 22.0. The molecule has 6 aromatic carbocycles. The van der Waals surface area contributed by atoms with Crippen LogP contribution in [-0.4, -0.2) is 267 Å². The highest BCUT2D eigenvalue weighted by molar-refractivity contribution is 6.21. The Kier molecular flexibility index (Phi) is 33.6. The first-order valence-corrected chi connectivity index (χ1v) is 43.5. The fourth-order valence-corrected chi connectivity index (χ4v) is 15.7. The normalized spacial score (nSPS) is 24.6. The van der Waals surface area contributed by atoms with Crippen LogP contribution in [0, 0.1) is 0 Å². The number of aryl methyl sites for hydroxylation is 1. The highest BCUT2D eigenvalue weighted by Gasteiger charge is 2.64. The van der Waals surface area contributed by atoms with Crippen molar-refractivity contribution in [3.05, 3.63) is 263 Å². The van der Waals surface area contributed by atoms with Crippen LogP contribution < -0.4 is 0 Å². The summed E-state index contributed by atoms with van der Waals surface area (Å²) >= 11 is 13.6. The molecule has 10 aromatic rings. The monoisotopic (exact) mass is 1920 g/mol. The molecule has 136 heavy (non-hydrogen) atoms. The number of benzene rings is 6. The Morgan fingerprint density at radius 2 is 0.721 bits per heavy atom. The van der Waals surface area contributed by atoms with E-state index in [0.29, 0.717) is 11.4 Å². The molecule has 8 heterocycles. The zero-order valence-electron chi connectivity index (χ0n) is 73.6. The predicted octanol–water partition coefficient (Wildman–Crippen LogP) is 6.53. The Bertz CT molecular complexity index is 5740. The van der Waals surface area contributed by atoms with Crippen molar-refractivity contribution < 1.29 is 147 Å². The second-order valence-corrected chi connectivity index (χ2v) is 31.9. The molecule has 4 aliphatic heterocycles. The molecule has 0 spiro atoms. The molecule has 4 aromatic heterocycles. The van der Waals surface area contributed by atoms with E-state index < -0.39 is 220 Å². The molecular weight excluding hydrogens is 1830 g/mol. The third kappa shape index (κ3) is 25.8. The minimum atomic E-state index is -2.45. The fourth-order valence-electron chi connectivity index (χ4n) is 15.1. The molecule has 0 radical (unpaired) electrons. The van der Waals surface area contributed by atoms with Crippen LogP contribution in [0.25, 0.3) is 0 Å². The standard InChI is InChI=1S/C91H92Cl2N12O31/c1-52(106)119-49-70-71(93)75(123-54(3)108)78(124-55(4)109)90(128-70)136-91(50-92)81(125-56(5)110)74(122-53(2)107)69(135-91)45-104-43-66(97-100-104)48-120-88-79(133-86(115)61-33-21-11-22-34-61)76(131-84(113)59-29-17-9-18-30-59)72(129-82(111)57-25-13-7-14-26-57)67(126-88)39-63-41-105(101-94-63)51-121-89-80(134-87(116)62-35-23-12-24-36-62)77(132-85(114)60-31-19-10-20-32-60)73(130-83(112)58-27-15-8-16-28-58)68(127-89)44-103-42-65(96-99-103)47-118-38-37-117-46-64-40-102(6)98-95-64/h7-36,40-43,67-81,88-90H,37-39,44-51H2,1-6H3/t67-,68+,69-,70-,71+,72+,73-,74-,75+,76+,77-,78-,79+,80-,81+,88-,89+,90+,91+/m1/s1. The van der Waals surface area contributed by atoms with Gasteiger partial charge in [-0.3, -0.25) is 28.7 Å². The van der Waals surface area contributed by atoms with Gasteiger partial charge in [0.2, 0.25) is 18.4 Å². The summed E-state index contributed by atoms with van der Waals surface area (Å²) in [6.45, 7) is 3.16. The van der Waals surface area contributed by atoms with Crippen LogP contribution in [-0.2, 0) is 172 Å². The lowest BCUT2D eigenvalue weighted by molar-refractivity contribution is -0.359. The number of nitrogens with zero attached hydrogens (tertiary/aromatic N) is 12. The van der Waals surface area contributed by atoms with Gasteiger partial charge in [-0.05, 0) is 72.8 Å². The van der Waals surface area contributed by atoms with Crippen molar-refractivity contribution in [1.82, 2.24) is 60.0 Å². The summed E-state index contributed by atoms with van der Waals surface area (Å²) in [6.07, 6.45) is -23.3. The van der Waals surface area contributed by atoms with Crippen LogP contribution in [0.2, 0.25) is 0 Å². The van der Waals surface area contributed by atoms with Gasteiger partial charge in [0.15, 0.2) is 67.3 Å². The predicted molar refractivity (Wildman–Crippen MR) is 458 cm³/mol. The van der Waals surface area contributed by atoms with Gasteiger partial charge in [-0.25, -0.2) is 42.8 Å². The van der Waals surface area contributed by atoms with Crippen LogP contribution in [0.1, 0.15) is 120 Å². The topological polar surface area (TPSA) is 495 Å². The number of ether oxygens (including phenoxy) is 20. The number of hydrogen-bond acceptors (Lipinski definition) is 39. The molecule has 716 valence electrons. The van der Waals surface area contributed by atoms with E-state index in [-0.39, 0.29) is 77.7 Å². The van der Waals surface area contributed by atoms with Gasteiger partial charge >= 0.3 is 65.7 Å². The Balaban J connectivity index is 0.782. The van der Waals surface area contributed by atoms with Crippen molar-refractivity contribution in [3.8, 4) is 0 Å². The van der Waals surface area contributed by atoms with Gasteiger partial charge in [0.1, 0.15) is 60.2 Å². The zero-order valence-corrected chi connectivity index (χ0v) is 75.1. The summed E-state index contributed by atoms with van der Waals surface area (Å²) in [5.74, 6) is -13.5. The Hall–Kier alpha value is -13.7. The number of rotatable bonds is 40. The van der Waals surface area contributed by atoms with Crippen LogP contribution >= 0.6 is 23.2 Å². The van der Waals surface area contributed by atoms with Gasteiger partial charge < -0.3 is 94.7 Å². The number of carbonyl (C=O) groups excluding carboxylic acids is 11. The maximum Gasteiger partial charge on any atom is 0.338 e. The van der Waals surface area contributed by atoms with Crippen LogP contribution in [0.4, 0.5) is 0 Å². The van der Waals surface area contributed by atoms with E-state index >= 15 is 0 Å². The lowest BCUT2D eigenvalue weighted by atomic mass is 9.94. The first-order chi connectivity index (χ1) is 65.7. The highest BCUT2D eigenvalue weighted by Crippen LogP contribution is 2.44. The molecule has 0 aliphatic carbocycles. The van der Waals surface area contributed by atoms with E-state index in [1.807, 2.05) is 0 Å².